The molecule has 1 atom stereocenters. The van der Waals surface area contributed by atoms with Crippen LogP contribution >= 0.6 is 22.7 Å². The molecule has 1 aliphatic carbocycles. The predicted molar refractivity (Wildman–Crippen MR) is 88.8 cm³/mol. The van der Waals surface area contributed by atoms with Crippen LogP contribution in [0.25, 0.3) is 9.40 Å². The minimum Gasteiger partial charge on any atom is -0.320 e. The first-order chi connectivity index (χ1) is 9.81. The maximum atomic E-state index is 6.48. The van der Waals surface area contributed by atoms with Crippen molar-refractivity contribution in [3.8, 4) is 0 Å². The molecule has 0 aliphatic heterocycles. The molecule has 4 rings (SSSR count). The molecule has 2 aromatic heterocycles. The lowest BCUT2D eigenvalue weighted by Crippen LogP contribution is -2.13. The van der Waals surface area contributed by atoms with E-state index >= 15 is 0 Å². The number of nitrogens with two attached hydrogens (primary N) is 1. The third kappa shape index (κ3) is 2.10. The van der Waals surface area contributed by atoms with Gasteiger partial charge in [-0.2, -0.15) is 0 Å². The van der Waals surface area contributed by atoms with Crippen molar-refractivity contribution in [3.63, 3.8) is 0 Å². The fourth-order valence-corrected chi connectivity index (χ4v) is 5.00. The first-order valence-electron chi connectivity index (χ1n) is 7.13. The Kier molecular flexibility index (Phi) is 3.14. The molecule has 0 bridgehead atoms. The predicted octanol–water partition coefficient (Wildman–Crippen LogP) is 5.28. The van der Waals surface area contributed by atoms with Crippen LogP contribution in [0, 0.1) is 0 Å². The fourth-order valence-electron chi connectivity index (χ4n) is 2.85. The molecule has 2 heterocycles. The Hall–Kier alpha value is -1.16. The topological polar surface area (TPSA) is 26.0 Å². The highest BCUT2D eigenvalue weighted by Crippen LogP contribution is 2.38. The van der Waals surface area contributed by atoms with Crippen LogP contribution < -0.4 is 5.73 Å². The molecule has 102 valence electrons. The second-order valence-electron chi connectivity index (χ2n) is 5.57. The van der Waals surface area contributed by atoms with Crippen LogP contribution in [0.2, 0.25) is 0 Å². The van der Waals surface area contributed by atoms with Crippen LogP contribution in [-0.2, 0) is 0 Å². The Morgan fingerprint density at radius 3 is 2.75 bits per heavy atom. The zero-order valence-corrected chi connectivity index (χ0v) is 12.8. The van der Waals surface area contributed by atoms with Crippen LogP contribution in [0.4, 0.5) is 0 Å². The molecule has 20 heavy (non-hydrogen) atoms. The van der Waals surface area contributed by atoms with Crippen LogP contribution in [0.3, 0.4) is 0 Å². The highest BCUT2D eigenvalue weighted by molar-refractivity contribution is 7.27. The number of rotatable bonds is 3. The van der Waals surface area contributed by atoms with Gasteiger partial charge in [-0.15, -0.1) is 22.7 Å². The molecule has 0 spiro atoms. The molecule has 1 unspecified atom stereocenters. The van der Waals surface area contributed by atoms with E-state index in [2.05, 4.69) is 41.8 Å². The number of hydrogen-bond acceptors (Lipinski definition) is 3. The number of hydrogen-bond donors (Lipinski definition) is 1. The van der Waals surface area contributed by atoms with Crippen LogP contribution in [-0.4, -0.2) is 0 Å². The Morgan fingerprint density at radius 1 is 1.10 bits per heavy atom. The van der Waals surface area contributed by atoms with Gasteiger partial charge >= 0.3 is 0 Å². The van der Waals surface area contributed by atoms with Gasteiger partial charge in [-0.3, -0.25) is 0 Å². The Labute approximate surface area is 127 Å². The Bertz CT molecular complexity index is 708. The first kappa shape index (κ1) is 12.6. The Balaban J connectivity index is 1.67. The van der Waals surface area contributed by atoms with E-state index in [1.165, 1.54) is 44.7 Å². The molecule has 0 saturated heterocycles. The van der Waals surface area contributed by atoms with E-state index < -0.39 is 0 Å². The summed E-state index contributed by atoms with van der Waals surface area (Å²) < 4.78 is 2.71. The minimum absolute atomic E-state index is 0.0135. The van der Waals surface area contributed by atoms with Crippen molar-refractivity contribution in [1.82, 2.24) is 0 Å². The third-order valence-electron chi connectivity index (χ3n) is 4.31. The van der Waals surface area contributed by atoms with E-state index in [9.17, 15) is 0 Å². The van der Waals surface area contributed by atoms with Crippen molar-refractivity contribution in [2.45, 2.75) is 31.2 Å². The first-order valence-corrected chi connectivity index (χ1v) is 8.83. The summed E-state index contributed by atoms with van der Waals surface area (Å²) in [5.74, 6) is 0.772. The van der Waals surface area contributed by atoms with Gasteiger partial charge in [0.2, 0.25) is 0 Å². The van der Waals surface area contributed by atoms with Crippen LogP contribution in [0.15, 0.2) is 41.8 Å². The summed E-state index contributed by atoms with van der Waals surface area (Å²) in [6.07, 6.45) is 4.06. The van der Waals surface area contributed by atoms with Gasteiger partial charge in [0.25, 0.3) is 0 Å². The van der Waals surface area contributed by atoms with Crippen molar-refractivity contribution in [2.24, 2.45) is 5.73 Å². The normalized spacial score (nSPS) is 17.2. The monoisotopic (exact) mass is 299 g/mol. The summed E-state index contributed by atoms with van der Waals surface area (Å²) in [5, 5.41) is 2.15. The molecule has 0 amide bonds. The van der Waals surface area contributed by atoms with Gasteiger partial charge < -0.3 is 5.73 Å². The molecule has 1 fully saturated rings. The fraction of sp³-hybridized carbons (Fsp3) is 0.294. The van der Waals surface area contributed by atoms with E-state index in [4.69, 9.17) is 5.73 Å². The summed E-state index contributed by atoms with van der Waals surface area (Å²) in [5.41, 5.74) is 9.21. The highest BCUT2D eigenvalue weighted by Gasteiger charge is 2.21. The number of thiophene rings is 2. The van der Waals surface area contributed by atoms with E-state index in [-0.39, 0.29) is 6.04 Å². The molecule has 3 aromatic rings. The number of benzene rings is 1. The molecular formula is C17H17NS2. The van der Waals surface area contributed by atoms with E-state index in [1.54, 1.807) is 11.3 Å². The van der Waals surface area contributed by atoms with E-state index in [1.807, 2.05) is 11.3 Å². The van der Waals surface area contributed by atoms with Gasteiger partial charge in [0.15, 0.2) is 0 Å². The van der Waals surface area contributed by atoms with Crippen molar-refractivity contribution < 1.29 is 0 Å². The van der Waals surface area contributed by atoms with Crippen molar-refractivity contribution in [1.29, 1.82) is 0 Å². The van der Waals surface area contributed by atoms with Gasteiger partial charge in [-0.1, -0.05) is 30.7 Å². The number of fused-ring (bicyclic) bond motifs is 1. The second kappa shape index (κ2) is 4.99. The smallest absolute Gasteiger partial charge is 0.0646 e. The van der Waals surface area contributed by atoms with Gasteiger partial charge in [-0.25, -0.2) is 0 Å². The molecule has 1 aliphatic rings. The molecule has 0 radical (unpaired) electrons. The lowest BCUT2D eigenvalue weighted by molar-refractivity contribution is 0.419. The van der Waals surface area contributed by atoms with Gasteiger partial charge in [0.05, 0.1) is 6.04 Å². The highest BCUT2D eigenvalue weighted by atomic mass is 32.1. The zero-order chi connectivity index (χ0) is 13.5. The SMILES string of the molecule is NC(c1cccc(C2CCC2)c1)c1cc2sccc2s1. The molecular weight excluding hydrogens is 282 g/mol. The van der Waals surface area contributed by atoms with Gasteiger partial charge in [-0.05, 0) is 47.4 Å². The standard InChI is InChI=1S/C17H17NS2/c18-17(16-10-15-14(20-16)7-8-19-15)13-6-2-5-12(9-13)11-3-1-4-11/h2,5-11,17H,1,3-4,18H2. The minimum atomic E-state index is 0.0135. The molecule has 1 saturated carbocycles. The molecule has 2 N–H and O–H groups in total. The summed E-state index contributed by atoms with van der Waals surface area (Å²) in [7, 11) is 0. The zero-order valence-electron chi connectivity index (χ0n) is 11.2. The average molecular weight is 299 g/mol. The van der Waals surface area contributed by atoms with Crippen LogP contribution in [0.1, 0.15) is 47.2 Å². The largest absolute Gasteiger partial charge is 0.320 e. The van der Waals surface area contributed by atoms with E-state index in [0.29, 0.717) is 0 Å². The van der Waals surface area contributed by atoms with Crippen LogP contribution in [0.5, 0.6) is 0 Å². The molecule has 1 nitrogen and oxygen atoms in total. The lowest BCUT2D eigenvalue weighted by atomic mass is 9.79. The van der Waals surface area contributed by atoms with E-state index in [0.717, 1.165) is 5.92 Å². The second-order valence-corrected chi connectivity index (χ2v) is 7.64. The third-order valence-corrected chi connectivity index (χ3v) is 6.49. The quantitative estimate of drug-likeness (QED) is 0.699. The van der Waals surface area contributed by atoms with Gasteiger partial charge in [0, 0.05) is 14.3 Å². The summed E-state index contributed by atoms with van der Waals surface area (Å²) in [4.78, 5) is 1.28. The maximum Gasteiger partial charge on any atom is 0.0646 e. The Morgan fingerprint density at radius 2 is 2.00 bits per heavy atom. The van der Waals surface area contributed by atoms with Gasteiger partial charge in [0.1, 0.15) is 0 Å². The van der Waals surface area contributed by atoms with Crippen molar-refractivity contribution in [3.05, 3.63) is 57.8 Å². The molecule has 3 heteroatoms. The average Bonchev–Trinajstić information content (AvgIpc) is 2.96. The van der Waals surface area contributed by atoms with Crippen molar-refractivity contribution >= 4 is 32.1 Å². The van der Waals surface area contributed by atoms with Crippen molar-refractivity contribution in [2.75, 3.05) is 0 Å². The maximum absolute atomic E-state index is 6.48. The lowest BCUT2D eigenvalue weighted by Gasteiger charge is -2.26. The summed E-state index contributed by atoms with van der Waals surface area (Å²) in [6, 6.07) is 13.4. The molecule has 1 aromatic carbocycles. The summed E-state index contributed by atoms with van der Waals surface area (Å²) in [6.45, 7) is 0. The summed E-state index contributed by atoms with van der Waals surface area (Å²) >= 11 is 3.62.